The lowest BCUT2D eigenvalue weighted by Gasteiger charge is -2.08. The van der Waals surface area contributed by atoms with Gasteiger partial charge in [-0.1, -0.05) is 6.07 Å². The monoisotopic (exact) mass is 358 g/mol. The van der Waals surface area contributed by atoms with Gasteiger partial charge in [0.2, 0.25) is 10.0 Å². The number of benzene rings is 2. The summed E-state index contributed by atoms with van der Waals surface area (Å²) in [7, 11) is -0.426. The van der Waals surface area contributed by atoms with Gasteiger partial charge >= 0.3 is 5.97 Å². The van der Waals surface area contributed by atoms with Gasteiger partial charge in [0.15, 0.2) is 0 Å². The number of fused-ring (bicyclic) bond motifs is 1. The van der Waals surface area contributed by atoms with Gasteiger partial charge in [-0.3, -0.25) is 0 Å². The fourth-order valence-corrected chi connectivity index (χ4v) is 3.61. The summed E-state index contributed by atoms with van der Waals surface area (Å²) in [5, 5.41) is 1.06. The Hall–Kier alpha value is -2.64. The Labute approximate surface area is 146 Å². The zero-order valence-electron chi connectivity index (χ0n) is 13.9. The van der Waals surface area contributed by atoms with Crippen molar-refractivity contribution in [2.45, 2.75) is 11.4 Å². The smallest absolute Gasteiger partial charge is 0.337 e. The van der Waals surface area contributed by atoms with Crippen molar-refractivity contribution in [3.63, 3.8) is 0 Å². The molecule has 0 aliphatic heterocycles. The Kier molecular flexibility index (Phi) is 4.61. The van der Waals surface area contributed by atoms with E-state index in [1.54, 1.807) is 0 Å². The Morgan fingerprint density at radius 2 is 1.84 bits per heavy atom. The molecule has 0 saturated carbocycles. The molecule has 0 fully saturated rings. The summed E-state index contributed by atoms with van der Waals surface area (Å²) in [6.45, 7) is 0.186. The standard InChI is InChI=1S/C18H18N2O4S/c1-20-10-9-15-11-13(3-8-17(15)20)12-19-25(22,23)16-6-4-14(5-7-16)18(21)24-2/h3-11,19H,12H2,1-2H3. The zero-order valence-corrected chi connectivity index (χ0v) is 14.7. The van der Waals surface area contributed by atoms with Crippen molar-refractivity contribution in [1.29, 1.82) is 0 Å². The number of ether oxygens (including phenoxy) is 1. The molecule has 2 aromatic carbocycles. The van der Waals surface area contributed by atoms with Crippen LogP contribution in [-0.4, -0.2) is 26.1 Å². The lowest BCUT2D eigenvalue weighted by molar-refractivity contribution is 0.0600. The van der Waals surface area contributed by atoms with Crippen LogP contribution in [0.5, 0.6) is 0 Å². The van der Waals surface area contributed by atoms with Crippen molar-refractivity contribution in [2.75, 3.05) is 7.11 Å². The van der Waals surface area contributed by atoms with E-state index in [4.69, 9.17) is 0 Å². The topological polar surface area (TPSA) is 77.4 Å². The van der Waals surface area contributed by atoms with Crippen molar-refractivity contribution in [3.8, 4) is 0 Å². The lowest BCUT2D eigenvalue weighted by Crippen LogP contribution is -2.23. The Balaban J connectivity index is 1.75. The van der Waals surface area contributed by atoms with E-state index in [0.717, 1.165) is 16.5 Å². The first-order chi connectivity index (χ1) is 11.9. The molecule has 0 radical (unpaired) electrons. The van der Waals surface area contributed by atoms with Gasteiger partial charge in [0.05, 0.1) is 17.6 Å². The average molecular weight is 358 g/mol. The van der Waals surface area contributed by atoms with Gasteiger partial charge < -0.3 is 9.30 Å². The van der Waals surface area contributed by atoms with Crippen molar-refractivity contribution in [1.82, 2.24) is 9.29 Å². The van der Waals surface area contributed by atoms with Crippen LogP contribution in [0.2, 0.25) is 0 Å². The van der Waals surface area contributed by atoms with Gasteiger partial charge in [-0.25, -0.2) is 17.9 Å². The maximum absolute atomic E-state index is 12.4. The van der Waals surface area contributed by atoms with E-state index < -0.39 is 16.0 Å². The molecule has 0 aliphatic carbocycles. The molecule has 3 aromatic rings. The summed E-state index contributed by atoms with van der Waals surface area (Å²) in [5.74, 6) is -0.506. The molecule has 0 unspecified atom stereocenters. The first-order valence-electron chi connectivity index (χ1n) is 7.63. The molecular weight excluding hydrogens is 340 g/mol. The summed E-state index contributed by atoms with van der Waals surface area (Å²) in [6, 6.07) is 13.4. The second kappa shape index (κ2) is 6.70. The van der Waals surface area contributed by atoms with Crippen molar-refractivity contribution < 1.29 is 17.9 Å². The largest absolute Gasteiger partial charge is 0.465 e. The molecule has 0 saturated heterocycles. The number of hydrogen-bond acceptors (Lipinski definition) is 4. The number of methoxy groups -OCH3 is 1. The minimum Gasteiger partial charge on any atom is -0.465 e. The molecule has 1 N–H and O–H groups in total. The van der Waals surface area contributed by atoms with E-state index in [0.29, 0.717) is 5.56 Å². The zero-order chi connectivity index (χ0) is 18.0. The fraction of sp³-hybridized carbons (Fsp3) is 0.167. The van der Waals surface area contributed by atoms with Crippen LogP contribution < -0.4 is 4.72 Å². The second-order valence-electron chi connectivity index (χ2n) is 5.66. The summed E-state index contributed by atoms with van der Waals surface area (Å²) >= 11 is 0. The first-order valence-corrected chi connectivity index (χ1v) is 9.11. The van der Waals surface area contributed by atoms with Gasteiger partial charge in [-0.2, -0.15) is 0 Å². The molecule has 0 amide bonds. The molecule has 7 heteroatoms. The number of sulfonamides is 1. The number of esters is 1. The van der Waals surface area contributed by atoms with E-state index >= 15 is 0 Å². The first kappa shape index (κ1) is 17.2. The number of hydrogen-bond donors (Lipinski definition) is 1. The Morgan fingerprint density at radius 1 is 1.12 bits per heavy atom. The van der Waals surface area contributed by atoms with E-state index in [9.17, 15) is 13.2 Å². The Morgan fingerprint density at radius 3 is 2.52 bits per heavy atom. The molecule has 6 nitrogen and oxygen atoms in total. The summed E-state index contributed by atoms with van der Waals surface area (Å²) < 4.78 is 34.0. The molecule has 0 atom stereocenters. The molecule has 0 spiro atoms. The number of carbonyl (C=O) groups excluding carboxylic acids is 1. The van der Waals surface area contributed by atoms with Crippen LogP contribution in [0.15, 0.2) is 59.6 Å². The fourth-order valence-electron chi connectivity index (χ4n) is 2.59. The summed E-state index contributed by atoms with van der Waals surface area (Å²) in [5.41, 5.74) is 2.26. The van der Waals surface area contributed by atoms with Gasteiger partial charge in [-0.15, -0.1) is 0 Å². The highest BCUT2D eigenvalue weighted by Gasteiger charge is 2.15. The predicted molar refractivity (Wildman–Crippen MR) is 94.7 cm³/mol. The average Bonchev–Trinajstić information content (AvgIpc) is 3.00. The van der Waals surface area contributed by atoms with Crippen molar-refractivity contribution in [3.05, 3.63) is 65.9 Å². The highest BCUT2D eigenvalue weighted by Crippen LogP contribution is 2.17. The molecule has 130 valence electrons. The van der Waals surface area contributed by atoms with Crippen LogP contribution >= 0.6 is 0 Å². The van der Waals surface area contributed by atoms with Gasteiger partial charge in [-0.05, 0) is 53.4 Å². The number of rotatable bonds is 5. The second-order valence-corrected chi connectivity index (χ2v) is 7.43. The maximum Gasteiger partial charge on any atom is 0.337 e. The Bertz CT molecular complexity index is 1020. The molecule has 3 rings (SSSR count). The molecular formula is C18H18N2O4S. The summed E-state index contributed by atoms with van der Waals surface area (Å²) in [4.78, 5) is 11.5. The van der Waals surface area contributed by atoms with Gasteiger partial charge in [0.1, 0.15) is 0 Å². The van der Waals surface area contributed by atoms with Crippen LogP contribution in [0.1, 0.15) is 15.9 Å². The number of aromatic nitrogens is 1. The molecule has 0 bridgehead atoms. The van der Waals surface area contributed by atoms with Crippen LogP contribution in [-0.2, 0) is 28.4 Å². The number of nitrogens with zero attached hydrogens (tertiary/aromatic N) is 1. The number of aryl methyl sites for hydroxylation is 1. The third-order valence-corrected chi connectivity index (χ3v) is 5.42. The summed E-state index contributed by atoms with van der Waals surface area (Å²) in [6.07, 6.45) is 1.96. The minimum absolute atomic E-state index is 0.0981. The van der Waals surface area contributed by atoms with E-state index in [-0.39, 0.29) is 11.4 Å². The number of carbonyl (C=O) groups is 1. The highest BCUT2D eigenvalue weighted by molar-refractivity contribution is 7.89. The van der Waals surface area contributed by atoms with Crippen LogP contribution in [0, 0.1) is 0 Å². The highest BCUT2D eigenvalue weighted by atomic mass is 32.2. The van der Waals surface area contributed by atoms with Crippen molar-refractivity contribution >= 4 is 26.9 Å². The van der Waals surface area contributed by atoms with E-state index in [2.05, 4.69) is 9.46 Å². The third kappa shape index (κ3) is 3.57. The van der Waals surface area contributed by atoms with Crippen LogP contribution in [0.3, 0.4) is 0 Å². The third-order valence-electron chi connectivity index (χ3n) is 4.00. The van der Waals surface area contributed by atoms with E-state index in [1.807, 2.05) is 42.1 Å². The minimum atomic E-state index is -3.66. The molecule has 0 aliphatic rings. The molecule has 25 heavy (non-hydrogen) atoms. The SMILES string of the molecule is COC(=O)c1ccc(S(=O)(=O)NCc2ccc3c(ccn3C)c2)cc1. The predicted octanol–water partition coefficient (Wildman–Crippen LogP) is 2.44. The lowest BCUT2D eigenvalue weighted by atomic mass is 10.1. The van der Waals surface area contributed by atoms with Crippen LogP contribution in [0.25, 0.3) is 10.9 Å². The van der Waals surface area contributed by atoms with E-state index in [1.165, 1.54) is 31.4 Å². The van der Waals surface area contributed by atoms with Gasteiger partial charge in [0, 0.05) is 25.3 Å². The van der Waals surface area contributed by atoms with Gasteiger partial charge in [0.25, 0.3) is 0 Å². The normalized spacial score (nSPS) is 11.6. The van der Waals surface area contributed by atoms with Crippen molar-refractivity contribution in [2.24, 2.45) is 7.05 Å². The van der Waals surface area contributed by atoms with Crippen LogP contribution in [0.4, 0.5) is 0 Å². The quantitative estimate of drug-likeness (QED) is 0.711. The maximum atomic E-state index is 12.4. The molecule has 1 aromatic heterocycles. The number of nitrogens with one attached hydrogen (secondary N) is 1. The molecule has 1 heterocycles.